The maximum Gasteiger partial charge on any atom is 0.288 e. The molecule has 0 radical (unpaired) electrons. The minimum Gasteiger partial charge on any atom is -0.340 e. The summed E-state index contributed by atoms with van der Waals surface area (Å²) in [6.07, 6.45) is 2.30. The number of nitro groups is 1. The molecule has 28 heavy (non-hydrogen) atoms. The van der Waals surface area contributed by atoms with Gasteiger partial charge in [0, 0.05) is 21.8 Å². The number of carbonyl (C=O) groups excluding carboxylic acids is 2. The van der Waals surface area contributed by atoms with Crippen LogP contribution in [0.15, 0.2) is 46.9 Å². The fourth-order valence-corrected chi connectivity index (χ4v) is 3.39. The van der Waals surface area contributed by atoms with Gasteiger partial charge >= 0.3 is 0 Å². The molecule has 1 unspecified atom stereocenters. The van der Waals surface area contributed by atoms with Crippen LogP contribution in [0.1, 0.15) is 16.8 Å². The fourth-order valence-electron chi connectivity index (χ4n) is 2.34. The summed E-state index contributed by atoms with van der Waals surface area (Å²) in [6, 6.07) is 10.0. The number of anilines is 1. The van der Waals surface area contributed by atoms with Gasteiger partial charge in [-0.15, -0.1) is 0 Å². The van der Waals surface area contributed by atoms with Gasteiger partial charge in [0.2, 0.25) is 5.91 Å². The van der Waals surface area contributed by atoms with Crippen molar-refractivity contribution >= 4 is 62.5 Å². The molecule has 2 aromatic carbocycles. The van der Waals surface area contributed by atoms with Gasteiger partial charge in [-0.3, -0.25) is 19.7 Å². The number of nitro benzene ring substituents is 1. The molecule has 2 N–H and O–H groups in total. The van der Waals surface area contributed by atoms with E-state index < -0.39 is 16.9 Å². The molecule has 2 amide bonds. The maximum atomic E-state index is 12.6. The van der Waals surface area contributed by atoms with E-state index in [1.54, 1.807) is 30.0 Å². The minimum absolute atomic E-state index is 0.0560. The van der Waals surface area contributed by atoms with Gasteiger partial charge in [-0.25, -0.2) is 0 Å². The second-order valence-electron chi connectivity index (χ2n) is 5.73. The second kappa shape index (κ2) is 10.4. The first-order chi connectivity index (χ1) is 13.3. The summed E-state index contributed by atoms with van der Waals surface area (Å²) in [7, 11) is 0. The van der Waals surface area contributed by atoms with Crippen molar-refractivity contribution in [3.05, 3.63) is 67.6 Å². The van der Waals surface area contributed by atoms with Gasteiger partial charge in [0.25, 0.3) is 11.6 Å². The Bertz CT molecular complexity index is 897. The molecule has 7 nitrogen and oxygen atoms in total. The second-order valence-corrected chi connectivity index (χ2v) is 8.04. The smallest absolute Gasteiger partial charge is 0.288 e. The first kappa shape index (κ1) is 22.2. The van der Waals surface area contributed by atoms with E-state index >= 15 is 0 Å². The number of hydrogen-bond donors (Lipinski definition) is 2. The van der Waals surface area contributed by atoms with Crippen molar-refractivity contribution in [2.24, 2.45) is 0 Å². The zero-order chi connectivity index (χ0) is 20.7. The Morgan fingerprint density at radius 2 is 2.04 bits per heavy atom. The Hall–Kier alpha value is -2.10. The van der Waals surface area contributed by atoms with Crippen molar-refractivity contribution in [3.8, 4) is 0 Å². The highest BCUT2D eigenvalue weighted by atomic mass is 79.9. The Balaban J connectivity index is 2.16. The number of rotatable bonds is 8. The van der Waals surface area contributed by atoms with Crippen LogP contribution in [0.3, 0.4) is 0 Å². The van der Waals surface area contributed by atoms with E-state index in [0.29, 0.717) is 17.9 Å². The largest absolute Gasteiger partial charge is 0.340 e. The van der Waals surface area contributed by atoms with Gasteiger partial charge in [-0.2, -0.15) is 11.8 Å². The number of thioether (sulfide) groups is 1. The molecule has 0 aliphatic heterocycles. The standard InChI is InChI=1S/C18H17BrClN3O4S/c1-28-8-7-15(18(25)21-13-4-2-3-12(19)10-13)22-17(24)11-5-6-14(20)16(9-11)23(26)27/h2-6,9-10,15H,7-8H2,1H3,(H,21,25)(H,22,24). The molecule has 10 heteroatoms. The van der Waals surface area contributed by atoms with Crippen LogP contribution in [-0.2, 0) is 4.79 Å². The quantitative estimate of drug-likeness (QED) is 0.422. The molecule has 0 saturated heterocycles. The normalized spacial score (nSPS) is 11.5. The van der Waals surface area contributed by atoms with Crippen LogP contribution in [0.4, 0.5) is 11.4 Å². The van der Waals surface area contributed by atoms with Gasteiger partial charge < -0.3 is 10.6 Å². The summed E-state index contributed by atoms with van der Waals surface area (Å²) >= 11 is 10.7. The molecule has 0 bridgehead atoms. The van der Waals surface area contributed by atoms with E-state index in [1.165, 1.54) is 12.1 Å². The number of nitrogens with one attached hydrogen (secondary N) is 2. The fraction of sp³-hybridized carbons (Fsp3) is 0.222. The van der Waals surface area contributed by atoms with E-state index in [-0.39, 0.29) is 22.2 Å². The van der Waals surface area contributed by atoms with Crippen LogP contribution in [0.25, 0.3) is 0 Å². The van der Waals surface area contributed by atoms with Crippen molar-refractivity contribution in [1.29, 1.82) is 0 Å². The van der Waals surface area contributed by atoms with Crippen LogP contribution >= 0.6 is 39.3 Å². The highest BCUT2D eigenvalue weighted by Crippen LogP contribution is 2.25. The van der Waals surface area contributed by atoms with Gasteiger partial charge in [0.15, 0.2) is 0 Å². The summed E-state index contributed by atoms with van der Waals surface area (Å²) in [5.74, 6) is -0.309. The average Bonchev–Trinajstić information content (AvgIpc) is 2.65. The summed E-state index contributed by atoms with van der Waals surface area (Å²) < 4.78 is 0.809. The number of nitrogens with zero attached hydrogens (tertiary/aromatic N) is 1. The monoisotopic (exact) mass is 485 g/mol. The summed E-state index contributed by atoms with van der Waals surface area (Å²) in [5, 5.41) is 16.4. The van der Waals surface area contributed by atoms with Crippen molar-refractivity contribution in [3.63, 3.8) is 0 Å². The molecule has 0 aliphatic rings. The predicted octanol–water partition coefficient (Wildman–Crippen LogP) is 4.50. The molecule has 0 aliphatic carbocycles. The molecule has 0 aromatic heterocycles. The molecule has 0 spiro atoms. The minimum atomic E-state index is -0.798. The highest BCUT2D eigenvalue weighted by molar-refractivity contribution is 9.10. The number of benzene rings is 2. The summed E-state index contributed by atoms with van der Waals surface area (Å²) in [6.45, 7) is 0. The molecule has 148 valence electrons. The Morgan fingerprint density at radius 3 is 2.68 bits per heavy atom. The van der Waals surface area contributed by atoms with E-state index in [9.17, 15) is 19.7 Å². The van der Waals surface area contributed by atoms with Gasteiger partial charge in [-0.1, -0.05) is 33.6 Å². The first-order valence-corrected chi connectivity index (χ1v) is 10.7. The van der Waals surface area contributed by atoms with Gasteiger partial charge in [-0.05, 0) is 48.8 Å². The van der Waals surface area contributed by atoms with Crippen molar-refractivity contribution in [2.45, 2.75) is 12.5 Å². The molecule has 0 heterocycles. The van der Waals surface area contributed by atoms with Crippen molar-refractivity contribution in [2.75, 3.05) is 17.3 Å². The number of halogens is 2. The first-order valence-electron chi connectivity index (χ1n) is 8.12. The van der Waals surface area contributed by atoms with Crippen LogP contribution in [0.2, 0.25) is 5.02 Å². The van der Waals surface area contributed by atoms with E-state index in [0.717, 1.165) is 10.5 Å². The topological polar surface area (TPSA) is 101 Å². The number of carbonyl (C=O) groups is 2. The number of hydrogen-bond acceptors (Lipinski definition) is 5. The molecule has 0 saturated carbocycles. The predicted molar refractivity (Wildman–Crippen MR) is 115 cm³/mol. The van der Waals surface area contributed by atoms with Crippen LogP contribution in [0.5, 0.6) is 0 Å². The van der Waals surface area contributed by atoms with Crippen LogP contribution in [0, 0.1) is 10.1 Å². The van der Waals surface area contributed by atoms with Crippen molar-refractivity contribution in [1.82, 2.24) is 5.32 Å². The van der Waals surface area contributed by atoms with Crippen molar-refractivity contribution < 1.29 is 14.5 Å². The molecule has 2 rings (SSSR count). The lowest BCUT2D eigenvalue weighted by Gasteiger charge is -2.18. The lowest BCUT2D eigenvalue weighted by atomic mass is 10.1. The third-order valence-corrected chi connectivity index (χ3v) is 5.19. The zero-order valence-corrected chi connectivity index (χ0v) is 17.9. The third kappa shape index (κ3) is 6.22. The van der Waals surface area contributed by atoms with Crippen LogP contribution in [-0.4, -0.2) is 34.8 Å². The maximum absolute atomic E-state index is 12.6. The van der Waals surface area contributed by atoms with Crippen LogP contribution < -0.4 is 10.6 Å². The molecule has 2 aromatic rings. The highest BCUT2D eigenvalue weighted by Gasteiger charge is 2.23. The van der Waals surface area contributed by atoms with Gasteiger partial charge in [0.1, 0.15) is 11.1 Å². The van der Waals surface area contributed by atoms with E-state index in [2.05, 4.69) is 26.6 Å². The Kier molecular flexibility index (Phi) is 8.28. The number of amides is 2. The molecular formula is C18H17BrClN3O4S. The van der Waals surface area contributed by atoms with E-state index in [1.807, 2.05) is 12.3 Å². The molecular weight excluding hydrogens is 470 g/mol. The molecule has 0 fully saturated rings. The Morgan fingerprint density at radius 1 is 1.29 bits per heavy atom. The summed E-state index contributed by atoms with van der Waals surface area (Å²) in [5.41, 5.74) is 0.277. The summed E-state index contributed by atoms with van der Waals surface area (Å²) in [4.78, 5) is 35.5. The molecule has 1 atom stereocenters. The van der Waals surface area contributed by atoms with Gasteiger partial charge in [0.05, 0.1) is 4.92 Å². The Labute approximate surface area is 179 Å². The lowest BCUT2D eigenvalue weighted by molar-refractivity contribution is -0.384. The SMILES string of the molecule is CSCCC(NC(=O)c1ccc(Cl)c([N+](=O)[O-])c1)C(=O)Nc1cccc(Br)c1. The third-order valence-electron chi connectivity index (χ3n) is 3.73. The lowest BCUT2D eigenvalue weighted by Crippen LogP contribution is -2.44. The van der Waals surface area contributed by atoms with E-state index in [4.69, 9.17) is 11.6 Å². The average molecular weight is 487 g/mol. The zero-order valence-electron chi connectivity index (χ0n) is 14.8.